The lowest BCUT2D eigenvalue weighted by Gasteiger charge is -2.17. The van der Waals surface area contributed by atoms with Crippen molar-refractivity contribution >= 4 is 8.07 Å². The van der Waals surface area contributed by atoms with Crippen LogP contribution in [0.15, 0.2) is 12.2 Å². The van der Waals surface area contributed by atoms with E-state index in [1.165, 1.54) is 30.9 Å². The number of rotatable bonds is 4. The number of hydrogen-bond donors (Lipinski definition) is 0. The van der Waals surface area contributed by atoms with E-state index in [1.54, 1.807) is 0 Å². The van der Waals surface area contributed by atoms with E-state index in [1.807, 2.05) is 0 Å². The summed E-state index contributed by atoms with van der Waals surface area (Å²) in [7, 11) is -0.859. The highest BCUT2D eigenvalue weighted by molar-refractivity contribution is 6.76. The van der Waals surface area contributed by atoms with Crippen LogP contribution in [0.25, 0.3) is 0 Å². The van der Waals surface area contributed by atoms with Crippen LogP contribution < -0.4 is 0 Å². The van der Waals surface area contributed by atoms with Gasteiger partial charge in [0.2, 0.25) is 0 Å². The van der Waals surface area contributed by atoms with Crippen LogP contribution in [-0.2, 0) is 0 Å². The summed E-state index contributed by atoms with van der Waals surface area (Å²) < 4.78 is 0. The lowest BCUT2D eigenvalue weighted by atomic mass is 10.2. The highest BCUT2D eigenvalue weighted by atomic mass is 28.3. The van der Waals surface area contributed by atoms with Crippen LogP contribution in [0.4, 0.5) is 0 Å². The molecule has 0 aromatic heterocycles. The van der Waals surface area contributed by atoms with Crippen LogP contribution in [-0.4, -0.2) is 8.07 Å². The lowest BCUT2D eigenvalue weighted by molar-refractivity contribution is 0.820. The standard InChI is InChI=1S/C10H20Si/c1-9(7-10-5-6-10)8-11(2,3)4/h10H,1,5-8H2,2-4H3. The maximum absolute atomic E-state index is 4.15. The molecule has 1 rings (SSSR count). The second kappa shape index (κ2) is 3.14. The molecule has 0 radical (unpaired) electrons. The number of hydrogen-bond acceptors (Lipinski definition) is 0. The van der Waals surface area contributed by atoms with E-state index in [2.05, 4.69) is 26.2 Å². The van der Waals surface area contributed by atoms with Gasteiger partial charge in [-0.2, -0.15) is 0 Å². The highest BCUT2D eigenvalue weighted by Crippen LogP contribution is 2.36. The van der Waals surface area contributed by atoms with Crippen LogP contribution >= 0.6 is 0 Å². The minimum absolute atomic E-state index is 0.859. The van der Waals surface area contributed by atoms with Gasteiger partial charge in [-0.25, -0.2) is 0 Å². The maximum atomic E-state index is 4.15. The molecule has 0 nitrogen and oxygen atoms in total. The molecular formula is C10H20Si. The molecule has 0 aromatic rings. The average Bonchev–Trinajstić information content (AvgIpc) is 2.42. The molecule has 1 fully saturated rings. The second-order valence-corrected chi connectivity index (χ2v) is 10.6. The van der Waals surface area contributed by atoms with E-state index < -0.39 is 8.07 Å². The van der Waals surface area contributed by atoms with Crippen LogP contribution in [0, 0.1) is 5.92 Å². The summed E-state index contributed by atoms with van der Waals surface area (Å²) in [4.78, 5) is 0. The van der Waals surface area contributed by atoms with Gasteiger partial charge in [0.1, 0.15) is 0 Å². The summed E-state index contributed by atoms with van der Waals surface area (Å²) in [6.45, 7) is 11.4. The van der Waals surface area contributed by atoms with Gasteiger partial charge >= 0.3 is 0 Å². The van der Waals surface area contributed by atoms with E-state index in [4.69, 9.17) is 0 Å². The van der Waals surface area contributed by atoms with Gasteiger partial charge in [0.05, 0.1) is 0 Å². The Labute approximate surface area is 71.7 Å². The van der Waals surface area contributed by atoms with Crippen LogP contribution in [0.5, 0.6) is 0 Å². The molecule has 1 saturated carbocycles. The van der Waals surface area contributed by atoms with E-state index in [0.717, 1.165) is 5.92 Å². The fraction of sp³-hybridized carbons (Fsp3) is 0.800. The molecule has 0 bridgehead atoms. The van der Waals surface area contributed by atoms with Crippen molar-refractivity contribution in [3.63, 3.8) is 0 Å². The largest absolute Gasteiger partial charge is 0.100 e. The first-order valence-corrected chi connectivity index (χ1v) is 8.35. The lowest BCUT2D eigenvalue weighted by Crippen LogP contribution is -2.19. The van der Waals surface area contributed by atoms with E-state index in [9.17, 15) is 0 Å². The maximum Gasteiger partial charge on any atom is 0.0483 e. The Morgan fingerprint density at radius 3 is 2.27 bits per heavy atom. The van der Waals surface area contributed by atoms with Crippen molar-refractivity contribution in [1.29, 1.82) is 0 Å². The van der Waals surface area contributed by atoms with Gasteiger partial charge in [-0.05, 0) is 31.2 Å². The zero-order valence-corrected chi connectivity index (χ0v) is 9.11. The molecule has 0 unspecified atom stereocenters. The molecule has 1 heteroatoms. The van der Waals surface area contributed by atoms with Crippen molar-refractivity contribution in [3.05, 3.63) is 12.2 Å². The Morgan fingerprint density at radius 1 is 1.36 bits per heavy atom. The molecule has 1 aliphatic carbocycles. The molecule has 11 heavy (non-hydrogen) atoms. The zero-order chi connectivity index (χ0) is 8.48. The van der Waals surface area contributed by atoms with E-state index in [0.29, 0.717) is 0 Å². The Balaban J connectivity index is 2.19. The molecule has 1 aliphatic rings. The molecule has 0 N–H and O–H groups in total. The van der Waals surface area contributed by atoms with Crippen LogP contribution in [0.2, 0.25) is 25.7 Å². The molecule has 64 valence electrons. The molecule has 0 spiro atoms. The first-order valence-electron chi connectivity index (χ1n) is 4.64. The fourth-order valence-corrected chi connectivity index (χ4v) is 3.20. The summed E-state index contributed by atoms with van der Waals surface area (Å²) in [5.74, 6) is 1.03. The first-order chi connectivity index (χ1) is 4.97. The topological polar surface area (TPSA) is 0 Å². The Morgan fingerprint density at radius 2 is 1.91 bits per heavy atom. The summed E-state index contributed by atoms with van der Waals surface area (Å²) >= 11 is 0. The Hall–Kier alpha value is -0.0431. The monoisotopic (exact) mass is 168 g/mol. The highest BCUT2D eigenvalue weighted by Gasteiger charge is 2.23. The normalized spacial score (nSPS) is 18.5. The molecule has 0 saturated heterocycles. The predicted molar refractivity (Wildman–Crippen MR) is 54.6 cm³/mol. The number of allylic oxidation sites excluding steroid dienone is 1. The third kappa shape index (κ3) is 4.41. The fourth-order valence-electron chi connectivity index (χ4n) is 1.55. The molecular weight excluding hydrogens is 148 g/mol. The summed E-state index contributed by atoms with van der Waals surface area (Å²) in [5, 5.41) is 0. The van der Waals surface area contributed by atoms with Gasteiger partial charge < -0.3 is 0 Å². The predicted octanol–water partition coefficient (Wildman–Crippen LogP) is 3.68. The second-order valence-electron chi connectivity index (χ2n) is 5.13. The summed E-state index contributed by atoms with van der Waals surface area (Å²) in [6.07, 6.45) is 4.25. The van der Waals surface area contributed by atoms with Gasteiger partial charge in [-0.1, -0.05) is 25.2 Å². The molecule has 0 aliphatic heterocycles. The van der Waals surface area contributed by atoms with Gasteiger partial charge in [0, 0.05) is 8.07 Å². The van der Waals surface area contributed by atoms with Crippen molar-refractivity contribution in [2.45, 2.75) is 44.9 Å². The third-order valence-corrected chi connectivity index (χ3v) is 3.62. The van der Waals surface area contributed by atoms with Gasteiger partial charge in [-0.15, -0.1) is 6.58 Å². The molecule has 0 atom stereocenters. The van der Waals surface area contributed by atoms with Crippen LogP contribution in [0.1, 0.15) is 19.3 Å². The van der Waals surface area contributed by atoms with Crippen molar-refractivity contribution in [3.8, 4) is 0 Å². The molecule has 0 heterocycles. The molecule has 0 aromatic carbocycles. The van der Waals surface area contributed by atoms with Gasteiger partial charge in [0.25, 0.3) is 0 Å². The summed E-state index contributed by atoms with van der Waals surface area (Å²) in [6, 6.07) is 1.34. The van der Waals surface area contributed by atoms with Gasteiger partial charge in [-0.3, -0.25) is 0 Å². The first kappa shape index (κ1) is 9.05. The Kier molecular flexibility index (Phi) is 2.58. The van der Waals surface area contributed by atoms with E-state index in [-0.39, 0.29) is 0 Å². The SMILES string of the molecule is C=C(CC1CC1)C[Si](C)(C)C. The zero-order valence-electron chi connectivity index (χ0n) is 8.11. The van der Waals surface area contributed by atoms with Crippen molar-refractivity contribution in [1.82, 2.24) is 0 Å². The van der Waals surface area contributed by atoms with Crippen LogP contribution in [0.3, 0.4) is 0 Å². The van der Waals surface area contributed by atoms with E-state index >= 15 is 0 Å². The minimum atomic E-state index is -0.859. The third-order valence-electron chi connectivity index (χ3n) is 2.05. The minimum Gasteiger partial charge on any atom is -0.100 e. The van der Waals surface area contributed by atoms with Crippen molar-refractivity contribution < 1.29 is 0 Å². The van der Waals surface area contributed by atoms with Gasteiger partial charge in [0.15, 0.2) is 0 Å². The van der Waals surface area contributed by atoms with Crippen molar-refractivity contribution in [2.24, 2.45) is 5.92 Å². The Bertz CT molecular complexity index is 149. The van der Waals surface area contributed by atoms with Crippen molar-refractivity contribution in [2.75, 3.05) is 0 Å². The summed E-state index contributed by atoms with van der Waals surface area (Å²) in [5.41, 5.74) is 1.52. The quantitative estimate of drug-likeness (QED) is 0.444. The molecule has 0 amide bonds. The smallest absolute Gasteiger partial charge is 0.0483 e. The average molecular weight is 168 g/mol.